The van der Waals surface area contributed by atoms with Crippen LogP contribution in [0.2, 0.25) is 0 Å². The van der Waals surface area contributed by atoms with Gasteiger partial charge in [0.25, 0.3) is 0 Å². The molecule has 1 aliphatic heterocycles. The molecule has 1 amide bonds. The first-order chi connectivity index (χ1) is 8.12. The minimum atomic E-state index is -1.31. The van der Waals surface area contributed by atoms with Gasteiger partial charge >= 0.3 is 6.09 Å². The highest BCUT2D eigenvalue weighted by molar-refractivity contribution is 5.69. The maximum Gasteiger partial charge on any atom is 0.408 e. The molecule has 0 aromatic carbocycles. The van der Waals surface area contributed by atoms with Crippen molar-refractivity contribution in [3.63, 3.8) is 0 Å². The van der Waals surface area contributed by atoms with Gasteiger partial charge in [-0.3, -0.25) is 0 Å². The van der Waals surface area contributed by atoms with Crippen LogP contribution >= 0.6 is 0 Å². The maximum atomic E-state index is 13.7. The Kier molecular flexibility index (Phi) is 2.40. The van der Waals surface area contributed by atoms with E-state index in [9.17, 15) is 9.18 Å². The third-order valence-corrected chi connectivity index (χ3v) is 4.02. The Morgan fingerprint density at radius 1 is 1.53 bits per heavy atom. The molecule has 2 bridgehead atoms. The number of carbonyl (C=O) groups excluding carboxylic acids is 1. The molecule has 4 aliphatic rings. The molecular formula is C12H16FNO3. The number of nitrogens with one attached hydrogen (secondary N) is 1. The Bertz CT molecular complexity index is 343. The van der Waals surface area contributed by atoms with E-state index in [-0.39, 0.29) is 12.1 Å². The fourth-order valence-corrected chi connectivity index (χ4v) is 2.91. The molecule has 4 rings (SSSR count). The molecule has 4 nitrogen and oxygen atoms in total. The van der Waals surface area contributed by atoms with E-state index in [4.69, 9.17) is 9.47 Å². The Labute approximate surface area is 99.2 Å². The molecule has 0 radical (unpaired) electrons. The lowest BCUT2D eigenvalue weighted by Gasteiger charge is -2.61. The van der Waals surface area contributed by atoms with Crippen molar-refractivity contribution in [2.24, 2.45) is 5.92 Å². The van der Waals surface area contributed by atoms with Gasteiger partial charge in [0.05, 0.1) is 6.61 Å². The number of rotatable bonds is 3. The van der Waals surface area contributed by atoms with Crippen molar-refractivity contribution in [2.75, 3.05) is 6.61 Å². The van der Waals surface area contributed by atoms with Crippen molar-refractivity contribution in [1.29, 1.82) is 0 Å². The van der Waals surface area contributed by atoms with Gasteiger partial charge in [-0.15, -0.1) is 6.58 Å². The third kappa shape index (κ3) is 1.73. The molecule has 1 heterocycles. The molecule has 0 aromatic heterocycles. The number of carbonyl (C=O) groups is 1. The molecule has 1 N–H and O–H groups in total. The summed E-state index contributed by atoms with van der Waals surface area (Å²) in [4.78, 5) is 11.6. The lowest BCUT2D eigenvalue weighted by atomic mass is 9.50. The van der Waals surface area contributed by atoms with Crippen LogP contribution < -0.4 is 5.32 Å². The Hall–Kier alpha value is -1.10. The van der Waals surface area contributed by atoms with Crippen LogP contribution in [0.1, 0.15) is 19.3 Å². The molecule has 17 heavy (non-hydrogen) atoms. The summed E-state index contributed by atoms with van der Waals surface area (Å²) >= 11 is 0. The monoisotopic (exact) mass is 241 g/mol. The molecule has 3 atom stereocenters. The first-order valence-corrected chi connectivity index (χ1v) is 5.99. The normalized spacial score (nSPS) is 46.6. The van der Waals surface area contributed by atoms with Gasteiger partial charge in [0, 0.05) is 5.54 Å². The molecule has 1 saturated heterocycles. The summed E-state index contributed by atoms with van der Waals surface area (Å²) in [6, 6.07) is 0. The van der Waals surface area contributed by atoms with Crippen LogP contribution in [-0.4, -0.2) is 36.6 Å². The largest absolute Gasteiger partial charge is 0.441 e. The second-order valence-electron chi connectivity index (χ2n) is 5.31. The average molecular weight is 241 g/mol. The molecule has 4 fully saturated rings. The summed E-state index contributed by atoms with van der Waals surface area (Å²) in [6.45, 7) is 3.57. The van der Waals surface area contributed by atoms with Gasteiger partial charge in [-0.25, -0.2) is 9.18 Å². The van der Waals surface area contributed by atoms with Gasteiger partial charge < -0.3 is 14.8 Å². The molecule has 94 valence electrons. The number of alkyl halides is 1. The minimum absolute atomic E-state index is 0.0368. The van der Waals surface area contributed by atoms with Crippen LogP contribution in [0.15, 0.2) is 12.7 Å². The van der Waals surface area contributed by atoms with Crippen molar-refractivity contribution in [3.8, 4) is 0 Å². The van der Waals surface area contributed by atoms with Crippen LogP contribution in [0, 0.1) is 5.92 Å². The van der Waals surface area contributed by atoms with Gasteiger partial charge in [-0.1, -0.05) is 6.08 Å². The molecule has 3 aliphatic carbocycles. The average Bonchev–Trinajstić information content (AvgIpc) is 2.52. The summed E-state index contributed by atoms with van der Waals surface area (Å²) in [5.74, 6) is 0.782. The summed E-state index contributed by atoms with van der Waals surface area (Å²) in [5, 5.41) is 2.83. The number of halogens is 1. The topological polar surface area (TPSA) is 47.6 Å². The number of hydrogen-bond donors (Lipinski definition) is 1. The van der Waals surface area contributed by atoms with Gasteiger partial charge in [-0.05, 0) is 25.2 Å². The predicted octanol–water partition coefficient (Wildman–Crippen LogP) is 1.56. The SMILES string of the molecule is C=C[C@H]1OC[C@@H](OC(=O)NC23CC(C2)C3)[C@H]1F. The van der Waals surface area contributed by atoms with Gasteiger partial charge in [0.15, 0.2) is 12.3 Å². The van der Waals surface area contributed by atoms with Gasteiger partial charge in [0.2, 0.25) is 0 Å². The highest BCUT2D eigenvalue weighted by Crippen LogP contribution is 2.56. The van der Waals surface area contributed by atoms with E-state index < -0.39 is 24.5 Å². The predicted molar refractivity (Wildman–Crippen MR) is 58.3 cm³/mol. The smallest absolute Gasteiger partial charge is 0.408 e. The van der Waals surface area contributed by atoms with Crippen LogP contribution in [0.4, 0.5) is 9.18 Å². The van der Waals surface area contributed by atoms with Crippen molar-refractivity contribution in [1.82, 2.24) is 5.32 Å². The minimum Gasteiger partial charge on any atom is -0.441 e. The fraction of sp³-hybridized carbons (Fsp3) is 0.750. The zero-order chi connectivity index (χ0) is 12.0. The van der Waals surface area contributed by atoms with E-state index in [0.29, 0.717) is 0 Å². The van der Waals surface area contributed by atoms with E-state index in [1.165, 1.54) is 6.08 Å². The summed E-state index contributed by atoms with van der Waals surface area (Å²) in [6.07, 6.45) is 1.20. The van der Waals surface area contributed by atoms with Crippen molar-refractivity contribution in [2.45, 2.75) is 43.2 Å². The second-order valence-corrected chi connectivity index (χ2v) is 5.31. The van der Waals surface area contributed by atoms with E-state index in [2.05, 4.69) is 11.9 Å². The molecule has 0 aromatic rings. The Balaban J connectivity index is 1.49. The zero-order valence-electron chi connectivity index (χ0n) is 9.52. The lowest BCUT2D eigenvalue weighted by Crippen LogP contribution is -2.68. The highest BCUT2D eigenvalue weighted by Gasteiger charge is 2.58. The fourth-order valence-electron chi connectivity index (χ4n) is 2.91. The Morgan fingerprint density at radius 3 is 2.71 bits per heavy atom. The van der Waals surface area contributed by atoms with Crippen LogP contribution in [0.25, 0.3) is 0 Å². The van der Waals surface area contributed by atoms with Crippen molar-refractivity contribution in [3.05, 3.63) is 12.7 Å². The zero-order valence-corrected chi connectivity index (χ0v) is 9.52. The molecule has 5 heteroatoms. The quantitative estimate of drug-likeness (QED) is 0.763. The third-order valence-electron chi connectivity index (χ3n) is 4.02. The van der Waals surface area contributed by atoms with E-state index in [1.807, 2.05) is 0 Å². The second kappa shape index (κ2) is 3.70. The van der Waals surface area contributed by atoms with E-state index in [1.54, 1.807) is 0 Å². The van der Waals surface area contributed by atoms with Crippen molar-refractivity contribution < 1.29 is 18.7 Å². The number of hydrogen-bond acceptors (Lipinski definition) is 3. The molecule has 0 unspecified atom stereocenters. The van der Waals surface area contributed by atoms with E-state index >= 15 is 0 Å². The summed E-state index contributed by atoms with van der Waals surface area (Å²) in [7, 11) is 0. The molecule has 0 spiro atoms. The number of amides is 1. The first-order valence-electron chi connectivity index (χ1n) is 5.99. The maximum absolute atomic E-state index is 13.7. The van der Waals surface area contributed by atoms with Crippen LogP contribution in [0.5, 0.6) is 0 Å². The van der Waals surface area contributed by atoms with Gasteiger partial charge in [-0.2, -0.15) is 0 Å². The number of ether oxygens (including phenoxy) is 2. The Morgan fingerprint density at radius 2 is 2.24 bits per heavy atom. The summed E-state index contributed by atoms with van der Waals surface area (Å²) < 4.78 is 23.8. The van der Waals surface area contributed by atoms with Crippen molar-refractivity contribution >= 4 is 6.09 Å². The standard InChI is InChI=1S/C12H16FNO3/c1-2-8-10(13)9(6-16-8)17-11(15)14-12-3-7(4-12)5-12/h2,7-10H,1,3-6H2,(H,14,15)/t7?,8-,9-,10+,12?/m1/s1. The molecular weight excluding hydrogens is 225 g/mol. The molecule has 3 saturated carbocycles. The first kappa shape index (κ1) is 11.0. The van der Waals surface area contributed by atoms with Gasteiger partial charge in [0.1, 0.15) is 6.10 Å². The summed E-state index contributed by atoms with van der Waals surface area (Å²) in [5.41, 5.74) is -0.0368. The lowest BCUT2D eigenvalue weighted by molar-refractivity contribution is -0.0528. The van der Waals surface area contributed by atoms with E-state index in [0.717, 1.165) is 25.2 Å². The van der Waals surface area contributed by atoms with Crippen LogP contribution in [0.3, 0.4) is 0 Å². The van der Waals surface area contributed by atoms with Crippen LogP contribution in [-0.2, 0) is 9.47 Å². The number of alkyl carbamates (subject to hydrolysis) is 1. The highest BCUT2D eigenvalue weighted by atomic mass is 19.1.